The molecule has 6 atom stereocenters. The summed E-state index contributed by atoms with van der Waals surface area (Å²) in [6.07, 6.45) is 0.998. The number of Topliss-reactive ketones (excluding diaryl/α,β-unsaturated/α-hetero) is 1. The molecular formula is C35H47N7O10S. The summed E-state index contributed by atoms with van der Waals surface area (Å²) >= 11 is 1.39. The highest BCUT2D eigenvalue weighted by Crippen LogP contribution is 2.29. The van der Waals surface area contributed by atoms with E-state index in [-0.39, 0.29) is 18.6 Å². The number of phenols is 1. The van der Waals surface area contributed by atoms with Crippen molar-refractivity contribution in [1.29, 1.82) is 0 Å². The van der Waals surface area contributed by atoms with E-state index in [1.54, 1.807) is 69.5 Å². The fourth-order valence-corrected chi connectivity index (χ4v) is 6.27. The molecule has 1 aliphatic heterocycles. The molecule has 1 heterocycles. The van der Waals surface area contributed by atoms with E-state index in [0.29, 0.717) is 17.0 Å². The number of anilines is 1. The lowest BCUT2D eigenvalue weighted by Crippen LogP contribution is -2.56. The molecule has 0 aromatic heterocycles. The second kappa shape index (κ2) is 18.9. The van der Waals surface area contributed by atoms with E-state index in [0.717, 1.165) is 4.90 Å². The lowest BCUT2D eigenvalue weighted by atomic mass is 9.88. The Morgan fingerprint density at radius 1 is 1.02 bits per heavy atom. The summed E-state index contributed by atoms with van der Waals surface area (Å²) in [4.78, 5) is 91.6. The van der Waals surface area contributed by atoms with E-state index >= 15 is 0 Å². The highest BCUT2D eigenvalue weighted by atomic mass is 32.2. The first kappa shape index (κ1) is 42.0. The number of nitro groups is 1. The number of ether oxygens (including phenoxy) is 1. The van der Waals surface area contributed by atoms with Crippen molar-refractivity contribution in [1.82, 2.24) is 20.9 Å². The van der Waals surface area contributed by atoms with E-state index in [1.807, 2.05) is 0 Å². The third kappa shape index (κ3) is 12.4. The number of aromatic hydroxyl groups is 1. The maximum Gasteiger partial charge on any atom is 0.408 e. The van der Waals surface area contributed by atoms with Crippen molar-refractivity contribution in [2.45, 2.75) is 76.3 Å². The van der Waals surface area contributed by atoms with Crippen molar-refractivity contribution in [2.24, 2.45) is 11.7 Å². The maximum atomic E-state index is 13.6. The predicted molar refractivity (Wildman–Crippen MR) is 196 cm³/mol. The fraction of sp³-hybridized carbons (Fsp3) is 0.486. The number of rotatable bonds is 17. The molecule has 2 aromatic rings. The predicted octanol–water partition coefficient (Wildman–Crippen LogP) is 1.21. The molecule has 3 rings (SSSR count). The van der Waals surface area contributed by atoms with Gasteiger partial charge in [-0.3, -0.25) is 34.1 Å². The number of likely N-dealkylation sites (tertiary alicyclic amines) is 1. The number of carbonyl (C=O) groups excluding carboxylic acids is 6. The number of para-hydroxylation sites is 1. The van der Waals surface area contributed by atoms with Crippen LogP contribution < -0.4 is 27.0 Å². The average molecular weight is 758 g/mol. The quantitative estimate of drug-likeness (QED) is 0.0984. The number of hydrogen-bond acceptors (Lipinski definition) is 12. The van der Waals surface area contributed by atoms with Crippen molar-refractivity contribution in [3.63, 3.8) is 0 Å². The third-order valence-electron chi connectivity index (χ3n) is 8.31. The standard InChI is InChI=1S/C35H47N7O10S/c1-20(38-22-9-7-6-8-10-22)30(45)28-26(42(50)51)19-41(29(28)31(36)46)27(44)18-37-32(47)24(15-16-53-5)39-33(48)25(40-34(49)52-35(2,3)4)17-21-11-13-23(43)14-12-21/h6-14,20,24-26,28-29,38,43H,15-19H2,1-5H3,(H2,36,46)(H,37,47)(H,39,48)(H,40,49)/t20-,24+,25-,26?,28?,29-/m0/s1. The number of nitrogens with one attached hydrogen (secondary N) is 4. The van der Waals surface area contributed by atoms with E-state index in [1.165, 1.54) is 30.8 Å². The SMILES string of the molecule is CSCC[C@@H](NC(=O)[C@H](Cc1ccc(O)cc1)NC(=O)OC(C)(C)C)C(=O)NCC(=O)N1CC([N+](=O)[O-])C(C(=O)[C@H](C)Nc2ccccc2)[C@H]1C(N)=O. The molecule has 0 radical (unpaired) electrons. The molecule has 53 heavy (non-hydrogen) atoms. The molecule has 0 bridgehead atoms. The summed E-state index contributed by atoms with van der Waals surface area (Å²) < 4.78 is 5.32. The number of nitrogens with zero attached hydrogens (tertiary/aromatic N) is 2. The van der Waals surface area contributed by atoms with Gasteiger partial charge >= 0.3 is 6.09 Å². The number of ketones is 1. The first-order valence-electron chi connectivity index (χ1n) is 16.8. The number of hydrogen-bond donors (Lipinski definition) is 6. The van der Waals surface area contributed by atoms with Crippen LogP contribution in [0.2, 0.25) is 0 Å². The number of amides is 5. The maximum absolute atomic E-state index is 13.6. The van der Waals surface area contributed by atoms with E-state index in [2.05, 4.69) is 21.3 Å². The Bertz CT molecular complexity index is 1640. The van der Waals surface area contributed by atoms with E-state index < -0.39 is 95.2 Å². The molecule has 0 saturated carbocycles. The van der Waals surface area contributed by atoms with Gasteiger partial charge in [0.2, 0.25) is 29.7 Å². The van der Waals surface area contributed by atoms with Gasteiger partial charge in [-0.15, -0.1) is 0 Å². The highest BCUT2D eigenvalue weighted by Gasteiger charge is 2.56. The number of alkyl carbamates (subject to hydrolysis) is 1. The molecule has 0 aliphatic carbocycles. The first-order chi connectivity index (χ1) is 24.9. The zero-order chi connectivity index (χ0) is 39.5. The first-order valence-corrected chi connectivity index (χ1v) is 18.2. The van der Waals surface area contributed by atoms with Crippen molar-refractivity contribution >= 4 is 53.0 Å². The molecule has 18 heteroatoms. The fourth-order valence-electron chi connectivity index (χ4n) is 5.80. The molecule has 2 aromatic carbocycles. The lowest BCUT2D eigenvalue weighted by Gasteiger charge is -2.27. The summed E-state index contributed by atoms with van der Waals surface area (Å²) in [6, 6.07) is 7.88. The molecule has 17 nitrogen and oxygen atoms in total. The Morgan fingerprint density at radius 3 is 2.23 bits per heavy atom. The zero-order valence-electron chi connectivity index (χ0n) is 30.2. The van der Waals surface area contributed by atoms with Gasteiger partial charge in [-0.25, -0.2) is 4.79 Å². The van der Waals surface area contributed by atoms with Crippen molar-refractivity contribution in [2.75, 3.05) is 30.4 Å². The summed E-state index contributed by atoms with van der Waals surface area (Å²) in [5.41, 5.74) is 5.90. The second-order valence-electron chi connectivity index (χ2n) is 13.5. The van der Waals surface area contributed by atoms with Gasteiger partial charge in [-0.05, 0) is 76.0 Å². The van der Waals surface area contributed by atoms with Crippen molar-refractivity contribution in [3.8, 4) is 5.75 Å². The number of phenolic OH excluding ortho intramolecular Hbond substituents is 1. The van der Waals surface area contributed by atoms with Crippen LogP contribution in [0, 0.1) is 16.0 Å². The number of benzene rings is 2. The van der Waals surface area contributed by atoms with Crippen LogP contribution in [-0.4, -0.2) is 111 Å². The van der Waals surface area contributed by atoms with Gasteiger partial charge in [0, 0.05) is 17.0 Å². The van der Waals surface area contributed by atoms with Gasteiger partial charge in [0.05, 0.1) is 19.1 Å². The van der Waals surface area contributed by atoms with Crippen molar-refractivity contribution in [3.05, 3.63) is 70.3 Å². The molecule has 1 fully saturated rings. The van der Waals surface area contributed by atoms with Crippen LogP contribution in [0.3, 0.4) is 0 Å². The Hall–Kier alpha value is -5.39. The summed E-state index contributed by atoms with van der Waals surface area (Å²) in [5.74, 6) is -5.39. The normalized spacial score (nSPS) is 18.5. The van der Waals surface area contributed by atoms with Gasteiger partial charge in [-0.2, -0.15) is 11.8 Å². The zero-order valence-corrected chi connectivity index (χ0v) is 31.0. The number of primary amides is 1. The average Bonchev–Trinajstić information content (AvgIpc) is 3.50. The van der Waals surface area contributed by atoms with Gasteiger partial charge in [-0.1, -0.05) is 30.3 Å². The highest BCUT2D eigenvalue weighted by molar-refractivity contribution is 7.98. The van der Waals surface area contributed by atoms with Crippen LogP contribution in [0.25, 0.3) is 0 Å². The minimum Gasteiger partial charge on any atom is -0.508 e. The largest absolute Gasteiger partial charge is 0.508 e. The molecule has 5 amide bonds. The van der Waals surface area contributed by atoms with Gasteiger partial charge < -0.3 is 41.7 Å². The number of nitrogens with two attached hydrogens (primary N) is 1. The van der Waals surface area contributed by atoms with Crippen LogP contribution in [0.5, 0.6) is 5.75 Å². The van der Waals surface area contributed by atoms with Gasteiger partial charge in [0.25, 0.3) is 0 Å². The summed E-state index contributed by atoms with van der Waals surface area (Å²) in [5, 5.41) is 32.3. The van der Waals surface area contributed by atoms with Crippen LogP contribution in [-0.2, 0) is 35.1 Å². The molecule has 0 spiro atoms. The minimum absolute atomic E-state index is 0.0000666. The molecule has 2 unspecified atom stereocenters. The molecule has 288 valence electrons. The molecule has 1 aliphatic rings. The molecular weight excluding hydrogens is 710 g/mol. The number of thioether (sulfide) groups is 1. The Morgan fingerprint density at radius 2 is 1.66 bits per heavy atom. The Balaban J connectivity index is 1.76. The molecule has 7 N–H and O–H groups in total. The van der Waals surface area contributed by atoms with Crippen LogP contribution in [0.15, 0.2) is 54.6 Å². The smallest absolute Gasteiger partial charge is 0.408 e. The summed E-state index contributed by atoms with van der Waals surface area (Å²) in [7, 11) is 0. The third-order valence-corrected chi connectivity index (χ3v) is 8.95. The van der Waals surface area contributed by atoms with Gasteiger partial charge in [0.15, 0.2) is 5.78 Å². The minimum atomic E-state index is -1.66. The Labute approximate surface area is 311 Å². The lowest BCUT2D eigenvalue weighted by molar-refractivity contribution is -0.523. The van der Waals surface area contributed by atoms with Crippen LogP contribution >= 0.6 is 11.8 Å². The number of carbonyl (C=O) groups is 6. The second-order valence-corrected chi connectivity index (χ2v) is 14.5. The van der Waals surface area contributed by atoms with Gasteiger partial charge in [0.1, 0.15) is 35.4 Å². The van der Waals surface area contributed by atoms with Crippen LogP contribution in [0.1, 0.15) is 39.7 Å². The summed E-state index contributed by atoms with van der Waals surface area (Å²) in [6.45, 7) is 5.10. The van der Waals surface area contributed by atoms with Crippen molar-refractivity contribution < 1.29 is 43.5 Å². The van der Waals surface area contributed by atoms with E-state index in [4.69, 9.17) is 10.5 Å². The monoisotopic (exact) mass is 757 g/mol. The van der Waals surface area contributed by atoms with E-state index in [9.17, 15) is 44.0 Å². The Kier molecular flexibility index (Phi) is 15.0. The van der Waals surface area contributed by atoms with Crippen LogP contribution in [0.4, 0.5) is 10.5 Å². The topological polar surface area (TPSA) is 252 Å². The molecule has 1 saturated heterocycles.